The van der Waals surface area contributed by atoms with Crippen molar-refractivity contribution in [3.05, 3.63) is 26.7 Å². The lowest BCUT2D eigenvalue weighted by atomic mass is 10.0. The van der Waals surface area contributed by atoms with Gasteiger partial charge in [0.1, 0.15) is 6.54 Å². The van der Waals surface area contributed by atoms with Gasteiger partial charge in [0.15, 0.2) is 17.0 Å². The number of hydrogen-bond donors (Lipinski definition) is 1. The molecule has 0 radical (unpaired) electrons. The van der Waals surface area contributed by atoms with Crippen molar-refractivity contribution in [2.45, 2.75) is 51.7 Å². The molecule has 144 valence electrons. The number of nitrogens with zero attached hydrogens (tertiary/aromatic N) is 4. The number of aromatic nitrogens is 4. The smallest absolute Gasteiger partial charge is 0.332 e. The predicted molar refractivity (Wildman–Crippen MR) is 99.6 cm³/mol. The number of likely N-dealkylation sites (tertiary alicyclic amines) is 1. The fourth-order valence-electron chi connectivity index (χ4n) is 4.13. The molecule has 1 aliphatic rings. The lowest BCUT2D eigenvalue weighted by Gasteiger charge is -2.31. The molecule has 1 saturated heterocycles. The minimum absolute atomic E-state index is 0.293. The molecule has 0 saturated carbocycles. The molecule has 0 spiro atoms. The number of imidazole rings is 1. The number of methoxy groups -OCH3 is 1. The van der Waals surface area contributed by atoms with Crippen LogP contribution in [0.2, 0.25) is 0 Å². The molecule has 2 atom stereocenters. The molecule has 1 aliphatic heterocycles. The first-order chi connectivity index (χ1) is 12.5. The number of quaternary nitrogens is 1. The molecule has 0 aromatic carbocycles. The fourth-order valence-corrected chi connectivity index (χ4v) is 4.13. The number of ether oxygens (including phenoxy) is 1. The van der Waals surface area contributed by atoms with Crippen LogP contribution in [0, 0.1) is 0 Å². The Morgan fingerprint density at radius 3 is 2.69 bits per heavy atom. The van der Waals surface area contributed by atoms with Crippen molar-refractivity contribution >= 4 is 11.2 Å². The zero-order chi connectivity index (χ0) is 18.8. The van der Waals surface area contributed by atoms with E-state index in [1.165, 1.54) is 35.8 Å². The van der Waals surface area contributed by atoms with Gasteiger partial charge in [0.05, 0.1) is 19.2 Å². The minimum Gasteiger partial charge on any atom is -0.383 e. The van der Waals surface area contributed by atoms with E-state index in [1.807, 2.05) is 4.57 Å². The third kappa shape index (κ3) is 3.23. The molecule has 0 bridgehead atoms. The third-order valence-electron chi connectivity index (χ3n) is 5.70. The summed E-state index contributed by atoms with van der Waals surface area (Å²) in [5, 5.41) is 0. The Bertz CT molecular complexity index is 895. The molecule has 8 heteroatoms. The summed E-state index contributed by atoms with van der Waals surface area (Å²) in [6.07, 6.45) is 4.90. The number of hydrogen-bond acceptors (Lipinski definition) is 4. The summed E-state index contributed by atoms with van der Waals surface area (Å²) in [5.74, 6) is 0.866. The highest BCUT2D eigenvalue weighted by Crippen LogP contribution is 2.12. The zero-order valence-electron chi connectivity index (χ0n) is 16.2. The van der Waals surface area contributed by atoms with Gasteiger partial charge in [-0.25, -0.2) is 9.78 Å². The van der Waals surface area contributed by atoms with Crippen molar-refractivity contribution in [2.75, 3.05) is 20.3 Å². The minimum atomic E-state index is -0.345. The number of aryl methyl sites for hydroxylation is 1. The zero-order valence-corrected chi connectivity index (χ0v) is 16.2. The quantitative estimate of drug-likeness (QED) is 0.745. The van der Waals surface area contributed by atoms with E-state index >= 15 is 0 Å². The van der Waals surface area contributed by atoms with Gasteiger partial charge in [-0.1, -0.05) is 6.92 Å². The lowest BCUT2D eigenvalue weighted by molar-refractivity contribution is -0.944. The number of rotatable bonds is 6. The Morgan fingerprint density at radius 1 is 1.23 bits per heavy atom. The summed E-state index contributed by atoms with van der Waals surface area (Å²) in [5.41, 5.74) is 0.320. The van der Waals surface area contributed by atoms with Gasteiger partial charge in [-0.2, -0.15) is 0 Å². The van der Waals surface area contributed by atoms with Crippen LogP contribution in [0.15, 0.2) is 9.59 Å². The molecule has 26 heavy (non-hydrogen) atoms. The molecule has 2 aromatic rings. The summed E-state index contributed by atoms with van der Waals surface area (Å²) < 4.78 is 9.81. The highest BCUT2D eigenvalue weighted by molar-refractivity contribution is 5.71. The van der Waals surface area contributed by atoms with Crippen LogP contribution in [-0.2, 0) is 31.9 Å². The van der Waals surface area contributed by atoms with E-state index in [4.69, 9.17) is 9.72 Å². The second kappa shape index (κ2) is 7.75. The molecule has 2 aromatic heterocycles. The molecule has 1 unspecified atom stereocenters. The SMILES string of the molecule is CC[C@@H]1CCCC[NH+]1Cc1nc2c(c(=O)n(C)c(=O)n2C)n1CCOC. The van der Waals surface area contributed by atoms with Crippen molar-refractivity contribution in [1.29, 1.82) is 0 Å². The van der Waals surface area contributed by atoms with Crippen LogP contribution in [0.5, 0.6) is 0 Å². The average Bonchev–Trinajstić information content (AvgIpc) is 3.01. The fraction of sp³-hybridized carbons (Fsp3) is 0.722. The standard InChI is InChI=1S/C18H29N5O3/c1-5-13-8-6-7-9-22(13)12-14-19-16-15(23(14)10-11-26-4)17(24)21(3)18(25)20(16)2/h13H,5-12H2,1-4H3/p+1/t13-/m1/s1. The maximum Gasteiger partial charge on any atom is 0.332 e. The molecule has 1 fully saturated rings. The second-order valence-electron chi connectivity index (χ2n) is 7.24. The summed E-state index contributed by atoms with van der Waals surface area (Å²) in [4.78, 5) is 31.3. The van der Waals surface area contributed by atoms with Gasteiger partial charge in [0.25, 0.3) is 5.56 Å². The van der Waals surface area contributed by atoms with Crippen LogP contribution in [0.25, 0.3) is 11.2 Å². The highest BCUT2D eigenvalue weighted by atomic mass is 16.5. The molecular formula is C18H30N5O3+. The normalized spacial score (nSPS) is 20.8. The molecule has 3 heterocycles. The largest absolute Gasteiger partial charge is 0.383 e. The van der Waals surface area contributed by atoms with E-state index < -0.39 is 0 Å². The van der Waals surface area contributed by atoms with Crippen molar-refractivity contribution in [1.82, 2.24) is 18.7 Å². The topological polar surface area (TPSA) is 75.5 Å². The number of piperidine rings is 1. The van der Waals surface area contributed by atoms with Gasteiger partial charge >= 0.3 is 5.69 Å². The van der Waals surface area contributed by atoms with Crippen LogP contribution >= 0.6 is 0 Å². The number of nitrogens with one attached hydrogen (secondary N) is 1. The van der Waals surface area contributed by atoms with E-state index in [0.29, 0.717) is 30.4 Å². The van der Waals surface area contributed by atoms with Gasteiger partial charge in [0, 0.05) is 27.7 Å². The summed E-state index contributed by atoms with van der Waals surface area (Å²) in [6.45, 7) is 5.19. The lowest BCUT2D eigenvalue weighted by Crippen LogP contribution is -3.15. The van der Waals surface area contributed by atoms with Gasteiger partial charge in [-0.3, -0.25) is 13.9 Å². The summed E-state index contributed by atoms with van der Waals surface area (Å²) in [6, 6.07) is 0.631. The first kappa shape index (κ1) is 18.8. The Kier molecular flexibility index (Phi) is 5.62. The van der Waals surface area contributed by atoms with E-state index in [1.54, 1.807) is 14.2 Å². The van der Waals surface area contributed by atoms with Crippen LogP contribution in [0.4, 0.5) is 0 Å². The van der Waals surface area contributed by atoms with Crippen molar-refractivity contribution in [3.63, 3.8) is 0 Å². The average molecular weight is 364 g/mol. The van der Waals surface area contributed by atoms with Gasteiger partial charge in [-0.05, 0) is 25.7 Å². The van der Waals surface area contributed by atoms with E-state index in [2.05, 4.69) is 6.92 Å². The van der Waals surface area contributed by atoms with E-state index in [9.17, 15) is 9.59 Å². The molecule has 1 N–H and O–H groups in total. The van der Waals surface area contributed by atoms with Gasteiger partial charge in [0.2, 0.25) is 0 Å². The van der Waals surface area contributed by atoms with Gasteiger partial charge < -0.3 is 14.2 Å². The van der Waals surface area contributed by atoms with Crippen LogP contribution in [0.3, 0.4) is 0 Å². The van der Waals surface area contributed by atoms with Crippen molar-refractivity contribution < 1.29 is 9.64 Å². The summed E-state index contributed by atoms with van der Waals surface area (Å²) >= 11 is 0. The second-order valence-corrected chi connectivity index (χ2v) is 7.24. The maximum absolute atomic E-state index is 12.8. The summed E-state index contributed by atoms with van der Waals surface area (Å²) in [7, 11) is 4.83. The Hall–Kier alpha value is -1.93. The van der Waals surface area contributed by atoms with E-state index in [-0.39, 0.29) is 11.2 Å². The van der Waals surface area contributed by atoms with Crippen LogP contribution in [-0.4, -0.2) is 45.0 Å². The van der Waals surface area contributed by atoms with Gasteiger partial charge in [-0.15, -0.1) is 0 Å². The van der Waals surface area contributed by atoms with Crippen LogP contribution < -0.4 is 16.1 Å². The van der Waals surface area contributed by atoms with Crippen molar-refractivity contribution in [3.8, 4) is 0 Å². The highest BCUT2D eigenvalue weighted by Gasteiger charge is 2.28. The van der Waals surface area contributed by atoms with Crippen molar-refractivity contribution in [2.24, 2.45) is 14.1 Å². The maximum atomic E-state index is 12.8. The van der Waals surface area contributed by atoms with Crippen LogP contribution in [0.1, 0.15) is 38.4 Å². The molecule has 8 nitrogen and oxygen atoms in total. The first-order valence-electron chi connectivity index (χ1n) is 9.48. The predicted octanol–water partition coefficient (Wildman–Crippen LogP) is -0.572. The van der Waals surface area contributed by atoms with E-state index in [0.717, 1.165) is 29.9 Å². The Balaban J connectivity index is 2.12. The first-order valence-corrected chi connectivity index (χ1v) is 9.48. The molecule has 0 amide bonds. The Morgan fingerprint density at radius 2 is 2.00 bits per heavy atom. The monoisotopic (exact) mass is 364 g/mol. The number of fused-ring (bicyclic) bond motifs is 1. The Labute approximate surface area is 153 Å². The molecule has 3 rings (SSSR count). The molecular weight excluding hydrogens is 334 g/mol. The third-order valence-corrected chi connectivity index (χ3v) is 5.70. The molecule has 0 aliphatic carbocycles.